The molecule has 0 radical (unpaired) electrons. The molecular weight excluding hydrogens is 338 g/mol. The Bertz CT molecular complexity index is 734. The van der Waals surface area contributed by atoms with E-state index in [9.17, 15) is 4.79 Å². The van der Waals surface area contributed by atoms with Crippen molar-refractivity contribution in [1.82, 2.24) is 15.8 Å². The van der Waals surface area contributed by atoms with Crippen molar-refractivity contribution < 1.29 is 9.32 Å². The van der Waals surface area contributed by atoms with Gasteiger partial charge in [0, 0.05) is 24.4 Å². The van der Waals surface area contributed by atoms with Gasteiger partial charge in [-0.1, -0.05) is 56.3 Å². The van der Waals surface area contributed by atoms with E-state index >= 15 is 0 Å². The second-order valence-electron chi connectivity index (χ2n) is 8.62. The molecule has 0 saturated carbocycles. The minimum Gasteiger partial charge on any atom is -0.361 e. The van der Waals surface area contributed by atoms with Gasteiger partial charge < -0.3 is 15.2 Å². The Morgan fingerprint density at radius 3 is 2.74 bits per heavy atom. The summed E-state index contributed by atoms with van der Waals surface area (Å²) >= 11 is 0. The van der Waals surface area contributed by atoms with Gasteiger partial charge in [-0.05, 0) is 43.3 Å². The highest BCUT2D eigenvalue weighted by Gasteiger charge is 2.29. The first-order valence-electron chi connectivity index (χ1n) is 9.89. The van der Waals surface area contributed by atoms with E-state index in [0.717, 1.165) is 42.9 Å². The summed E-state index contributed by atoms with van der Waals surface area (Å²) in [5.74, 6) is 1.82. The largest absolute Gasteiger partial charge is 0.361 e. The second-order valence-corrected chi connectivity index (χ2v) is 8.62. The van der Waals surface area contributed by atoms with Crippen molar-refractivity contribution in [3.05, 3.63) is 53.4 Å². The molecule has 2 aromatic rings. The third-order valence-corrected chi connectivity index (χ3v) is 5.31. The van der Waals surface area contributed by atoms with Gasteiger partial charge in [-0.25, -0.2) is 0 Å². The molecule has 2 heterocycles. The number of benzene rings is 1. The van der Waals surface area contributed by atoms with E-state index in [-0.39, 0.29) is 11.3 Å². The van der Waals surface area contributed by atoms with Crippen molar-refractivity contribution in [2.24, 2.45) is 11.8 Å². The molecule has 2 N–H and O–H groups in total. The van der Waals surface area contributed by atoms with Gasteiger partial charge in [-0.3, -0.25) is 4.79 Å². The molecule has 5 heteroatoms. The molecule has 0 aliphatic carbocycles. The Balaban J connectivity index is 1.55. The zero-order valence-electron chi connectivity index (χ0n) is 16.6. The van der Waals surface area contributed by atoms with Crippen molar-refractivity contribution in [1.29, 1.82) is 0 Å². The molecule has 2 unspecified atom stereocenters. The summed E-state index contributed by atoms with van der Waals surface area (Å²) in [5, 5.41) is 10.8. The quantitative estimate of drug-likeness (QED) is 0.818. The number of aromatic nitrogens is 1. The fraction of sp³-hybridized carbons (Fsp3) is 0.545. The van der Waals surface area contributed by atoms with Crippen LogP contribution in [-0.2, 0) is 23.2 Å². The van der Waals surface area contributed by atoms with Crippen LogP contribution in [0, 0.1) is 11.8 Å². The molecule has 1 aliphatic rings. The zero-order valence-corrected chi connectivity index (χ0v) is 16.6. The van der Waals surface area contributed by atoms with Crippen LogP contribution in [0.1, 0.15) is 50.6 Å². The molecule has 3 rings (SSSR count). The summed E-state index contributed by atoms with van der Waals surface area (Å²) in [6.07, 6.45) is 2.44. The summed E-state index contributed by atoms with van der Waals surface area (Å²) < 4.78 is 5.52. The Labute approximate surface area is 161 Å². The third kappa shape index (κ3) is 5.67. The lowest BCUT2D eigenvalue weighted by molar-refractivity contribution is -0.122. The number of carbonyl (C=O) groups is 1. The Morgan fingerprint density at radius 1 is 1.26 bits per heavy atom. The van der Waals surface area contributed by atoms with Crippen molar-refractivity contribution >= 4 is 5.91 Å². The first-order chi connectivity index (χ1) is 12.9. The van der Waals surface area contributed by atoms with Crippen LogP contribution < -0.4 is 10.6 Å². The van der Waals surface area contributed by atoms with Crippen LogP contribution in [0.5, 0.6) is 0 Å². The summed E-state index contributed by atoms with van der Waals surface area (Å²) in [4.78, 5) is 12.5. The average molecular weight is 370 g/mol. The molecule has 1 saturated heterocycles. The number of carbonyl (C=O) groups excluding carboxylic acids is 1. The fourth-order valence-electron chi connectivity index (χ4n) is 3.62. The van der Waals surface area contributed by atoms with Gasteiger partial charge in [0.2, 0.25) is 5.91 Å². The molecule has 1 aromatic carbocycles. The predicted octanol–water partition coefficient (Wildman–Crippen LogP) is 3.45. The lowest BCUT2D eigenvalue weighted by atomic mass is 9.81. The minimum atomic E-state index is -0.0349. The fourth-order valence-corrected chi connectivity index (χ4v) is 3.62. The molecule has 2 atom stereocenters. The van der Waals surface area contributed by atoms with E-state index in [4.69, 9.17) is 4.52 Å². The molecule has 27 heavy (non-hydrogen) atoms. The normalized spacial score (nSPS) is 20.4. The van der Waals surface area contributed by atoms with Crippen LogP contribution in [0.25, 0.3) is 0 Å². The lowest BCUT2D eigenvalue weighted by Gasteiger charge is -2.31. The summed E-state index contributed by atoms with van der Waals surface area (Å²) in [5.41, 5.74) is 2.08. The Morgan fingerprint density at radius 2 is 2.04 bits per heavy atom. The standard InChI is InChI=1S/C22H31N3O2/c1-22(2,3)20-13-19(25-27-20)11-18-15-23-10-9-17(18)12-21(26)24-14-16-7-5-4-6-8-16/h4-8,13,17-18,23H,9-12,14-15H2,1-3H3,(H,24,26). The van der Waals surface area contributed by atoms with Crippen LogP contribution in [0.2, 0.25) is 0 Å². The predicted molar refractivity (Wildman–Crippen MR) is 106 cm³/mol. The number of hydrogen-bond donors (Lipinski definition) is 2. The number of nitrogens with one attached hydrogen (secondary N) is 2. The van der Waals surface area contributed by atoms with Crippen LogP contribution in [0.4, 0.5) is 0 Å². The smallest absolute Gasteiger partial charge is 0.220 e. The van der Waals surface area contributed by atoms with Gasteiger partial charge in [-0.15, -0.1) is 0 Å². The van der Waals surface area contributed by atoms with Gasteiger partial charge >= 0.3 is 0 Å². The van der Waals surface area contributed by atoms with E-state index < -0.39 is 0 Å². The van der Waals surface area contributed by atoms with Gasteiger partial charge in [0.1, 0.15) is 5.76 Å². The third-order valence-electron chi connectivity index (χ3n) is 5.31. The first kappa shape index (κ1) is 19.6. The highest BCUT2D eigenvalue weighted by molar-refractivity contribution is 5.76. The lowest BCUT2D eigenvalue weighted by Crippen LogP contribution is -2.40. The summed E-state index contributed by atoms with van der Waals surface area (Å²) in [6.45, 7) is 8.86. The molecule has 0 spiro atoms. The monoisotopic (exact) mass is 369 g/mol. The molecular formula is C22H31N3O2. The zero-order chi connectivity index (χ0) is 19.3. The topological polar surface area (TPSA) is 67.2 Å². The van der Waals surface area contributed by atoms with Crippen molar-refractivity contribution in [2.45, 2.75) is 52.0 Å². The van der Waals surface area contributed by atoms with Crippen molar-refractivity contribution in [2.75, 3.05) is 13.1 Å². The maximum Gasteiger partial charge on any atom is 0.220 e. The molecule has 1 fully saturated rings. The summed E-state index contributed by atoms with van der Waals surface area (Å²) in [7, 11) is 0. The molecule has 146 valence electrons. The number of hydrogen-bond acceptors (Lipinski definition) is 4. The van der Waals surface area contributed by atoms with Crippen LogP contribution in [0.15, 0.2) is 40.9 Å². The number of nitrogens with zero attached hydrogens (tertiary/aromatic N) is 1. The van der Waals surface area contributed by atoms with E-state index in [1.54, 1.807) is 0 Å². The second kappa shape index (κ2) is 8.70. The first-order valence-corrected chi connectivity index (χ1v) is 9.89. The van der Waals surface area contributed by atoms with Crippen molar-refractivity contribution in [3.8, 4) is 0 Å². The van der Waals surface area contributed by atoms with E-state index in [0.29, 0.717) is 24.8 Å². The summed E-state index contributed by atoms with van der Waals surface area (Å²) in [6, 6.07) is 12.1. The van der Waals surface area contributed by atoms with Gasteiger partial charge in [0.15, 0.2) is 0 Å². The molecule has 1 aromatic heterocycles. The highest BCUT2D eigenvalue weighted by Crippen LogP contribution is 2.28. The molecule has 0 bridgehead atoms. The van der Waals surface area contributed by atoms with Gasteiger partial charge in [0.05, 0.1) is 5.69 Å². The van der Waals surface area contributed by atoms with E-state index in [1.165, 1.54) is 0 Å². The number of piperidine rings is 1. The highest BCUT2D eigenvalue weighted by atomic mass is 16.5. The Hall–Kier alpha value is -2.14. The van der Waals surface area contributed by atoms with E-state index in [1.807, 2.05) is 30.3 Å². The molecule has 5 nitrogen and oxygen atoms in total. The molecule has 1 aliphatic heterocycles. The van der Waals surface area contributed by atoms with E-state index in [2.05, 4.69) is 42.6 Å². The van der Waals surface area contributed by atoms with Gasteiger partial charge in [-0.2, -0.15) is 0 Å². The Kier molecular flexibility index (Phi) is 6.32. The SMILES string of the molecule is CC(C)(C)c1cc(CC2CNCCC2CC(=O)NCc2ccccc2)no1. The van der Waals surface area contributed by atoms with Crippen LogP contribution in [-0.4, -0.2) is 24.2 Å². The molecule has 1 amide bonds. The number of amides is 1. The minimum absolute atomic E-state index is 0.0349. The average Bonchev–Trinajstić information content (AvgIpc) is 3.12. The van der Waals surface area contributed by atoms with Crippen LogP contribution in [0.3, 0.4) is 0 Å². The maximum atomic E-state index is 12.5. The van der Waals surface area contributed by atoms with Crippen molar-refractivity contribution in [3.63, 3.8) is 0 Å². The maximum absolute atomic E-state index is 12.5. The number of rotatable bonds is 6. The van der Waals surface area contributed by atoms with Gasteiger partial charge in [0.25, 0.3) is 0 Å². The van der Waals surface area contributed by atoms with Crippen LogP contribution >= 0.6 is 0 Å².